The molecule has 1 aromatic heterocycles. The molecule has 0 bridgehead atoms. The van der Waals surface area contributed by atoms with Gasteiger partial charge in [-0.2, -0.15) is 13.2 Å². The van der Waals surface area contributed by atoms with Gasteiger partial charge in [0.25, 0.3) is 0 Å². The van der Waals surface area contributed by atoms with Gasteiger partial charge in [-0.05, 0) is 50.2 Å². The van der Waals surface area contributed by atoms with Crippen LogP contribution in [0.2, 0.25) is 0 Å². The smallest absolute Gasteiger partial charge is 0.418 e. The van der Waals surface area contributed by atoms with Crippen molar-refractivity contribution in [2.75, 3.05) is 6.61 Å². The lowest BCUT2D eigenvalue weighted by Gasteiger charge is -2.14. The van der Waals surface area contributed by atoms with Gasteiger partial charge in [0.1, 0.15) is 17.6 Å². The fourth-order valence-electron chi connectivity index (χ4n) is 2.67. The van der Waals surface area contributed by atoms with E-state index >= 15 is 0 Å². The molecule has 0 amide bonds. The normalized spacial score (nSPS) is 12.8. The summed E-state index contributed by atoms with van der Waals surface area (Å²) < 4.78 is 51.3. The number of imidazole rings is 1. The largest absolute Gasteiger partial charge is 0.479 e. The van der Waals surface area contributed by atoms with Gasteiger partial charge in [0.2, 0.25) is 0 Å². The summed E-state index contributed by atoms with van der Waals surface area (Å²) in [5.74, 6) is -0.0263. The van der Waals surface area contributed by atoms with Crippen molar-refractivity contribution in [2.24, 2.45) is 0 Å². The van der Waals surface area contributed by atoms with Gasteiger partial charge in [-0.25, -0.2) is 9.78 Å². The van der Waals surface area contributed by atoms with Crippen molar-refractivity contribution in [3.63, 3.8) is 0 Å². The van der Waals surface area contributed by atoms with Crippen molar-refractivity contribution in [1.29, 1.82) is 0 Å². The van der Waals surface area contributed by atoms with Gasteiger partial charge in [0.15, 0.2) is 6.10 Å². The molecule has 1 atom stereocenters. The molecule has 142 valence electrons. The molecule has 0 N–H and O–H groups in total. The predicted octanol–water partition coefficient (Wildman–Crippen LogP) is 4.37. The van der Waals surface area contributed by atoms with E-state index in [9.17, 15) is 18.0 Å². The number of para-hydroxylation sites is 1. The number of nitrogens with zero attached hydrogens (tertiary/aromatic N) is 2. The Labute approximate surface area is 153 Å². The summed E-state index contributed by atoms with van der Waals surface area (Å²) in [6.45, 7) is 3.55. The molecular formula is C19H17F3N2O3. The molecule has 0 aliphatic heterocycles. The summed E-state index contributed by atoms with van der Waals surface area (Å²) in [5.41, 5.74) is 0.0783. The van der Waals surface area contributed by atoms with Crippen molar-refractivity contribution < 1.29 is 27.4 Å². The van der Waals surface area contributed by atoms with E-state index in [1.165, 1.54) is 12.4 Å². The summed E-state index contributed by atoms with van der Waals surface area (Å²) in [7, 11) is 0. The van der Waals surface area contributed by atoms with Crippen molar-refractivity contribution in [1.82, 2.24) is 9.55 Å². The lowest BCUT2D eigenvalue weighted by Crippen LogP contribution is -2.26. The maximum atomic E-state index is 13.1. The van der Waals surface area contributed by atoms with Crippen molar-refractivity contribution in [2.45, 2.75) is 26.1 Å². The van der Waals surface area contributed by atoms with Gasteiger partial charge in [-0.3, -0.25) is 4.57 Å². The van der Waals surface area contributed by atoms with Crippen LogP contribution in [0.5, 0.6) is 5.75 Å². The summed E-state index contributed by atoms with van der Waals surface area (Å²) in [6, 6.07) is 10.5. The molecule has 0 aliphatic rings. The molecule has 5 nitrogen and oxygen atoms in total. The SMILES string of the molecule is CCOC(=O)C(C)Oc1ccc(-n2cnc3c(C(F)(F)F)cccc32)cc1. The molecule has 0 saturated carbocycles. The molecule has 8 heteroatoms. The number of aromatic nitrogens is 2. The molecule has 1 heterocycles. The summed E-state index contributed by atoms with van der Waals surface area (Å²) in [4.78, 5) is 15.5. The van der Waals surface area contributed by atoms with E-state index in [0.29, 0.717) is 17.0 Å². The second-order valence-electron chi connectivity index (χ2n) is 5.79. The average molecular weight is 378 g/mol. The van der Waals surface area contributed by atoms with Crippen molar-refractivity contribution >= 4 is 17.0 Å². The van der Waals surface area contributed by atoms with Crippen LogP contribution in [0.15, 0.2) is 48.8 Å². The van der Waals surface area contributed by atoms with Crippen LogP contribution in [0.4, 0.5) is 13.2 Å². The Bertz CT molecular complexity index is 949. The highest BCUT2D eigenvalue weighted by molar-refractivity contribution is 5.81. The van der Waals surface area contributed by atoms with Gasteiger partial charge >= 0.3 is 12.1 Å². The van der Waals surface area contributed by atoms with Gasteiger partial charge in [-0.1, -0.05) is 6.07 Å². The highest BCUT2D eigenvalue weighted by atomic mass is 19.4. The van der Waals surface area contributed by atoms with Gasteiger partial charge < -0.3 is 9.47 Å². The number of benzene rings is 2. The van der Waals surface area contributed by atoms with E-state index in [1.807, 2.05) is 0 Å². The average Bonchev–Trinajstić information content (AvgIpc) is 3.05. The Balaban J connectivity index is 1.87. The Hall–Kier alpha value is -3.03. The minimum absolute atomic E-state index is 0.110. The maximum absolute atomic E-state index is 13.1. The first-order valence-electron chi connectivity index (χ1n) is 8.28. The summed E-state index contributed by atoms with van der Waals surface area (Å²) in [5, 5.41) is 0. The van der Waals surface area contributed by atoms with Crippen LogP contribution < -0.4 is 4.74 Å². The summed E-state index contributed by atoms with van der Waals surface area (Å²) in [6.07, 6.45) is -3.89. The van der Waals surface area contributed by atoms with Crippen molar-refractivity contribution in [3.05, 3.63) is 54.4 Å². The van der Waals surface area contributed by atoms with Crippen LogP contribution in [0.1, 0.15) is 19.4 Å². The topological polar surface area (TPSA) is 53.4 Å². The van der Waals surface area contributed by atoms with E-state index in [1.54, 1.807) is 48.7 Å². The van der Waals surface area contributed by atoms with Gasteiger partial charge in [0.05, 0.1) is 17.7 Å². The standard InChI is InChI=1S/C19H17F3N2O3/c1-3-26-18(25)12(2)27-14-9-7-13(8-10-14)24-11-23-17-15(19(20,21)22)5-4-6-16(17)24/h4-12H,3H2,1-2H3. The van der Waals surface area contributed by atoms with E-state index in [4.69, 9.17) is 9.47 Å². The Morgan fingerprint density at radius 2 is 1.89 bits per heavy atom. The molecule has 3 rings (SSSR count). The van der Waals surface area contributed by atoms with Crippen LogP contribution in [0, 0.1) is 0 Å². The number of carbonyl (C=O) groups excluding carboxylic acids is 1. The number of esters is 1. The van der Waals surface area contributed by atoms with Crippen LogP contribution in [0.3, 0.4) is 0 Å². The second kappa shape index (κ2) is 7.30. The minimum Gasteiger partial charge on any atom is -0.479 e. The van der Waals surface area contributed by atoms with E-state index < -0.39 is 23.8 Å². The zero-order valence-electron chi connectivity index (χ0n) is 14.7. The van der Waals surface area contributed by atoms with Crippen LogP contribution in [-0.4, -0.2) is 28.2 Å². The minimum atomic E-state index is -4.47. The highest BCUT2D eigenvalue weighted by Crippen LogP contribution is 2.34. The van der Waals surface area contributed by atoms with Crippen molar-refractivity contribution in [3.8, 4) is 11.4 Å². The first-order valence-corrected chi connectivity index (χ1v) is 8.28. The number of halogens is 3. The zero-order chi connectivity index (χ0) is 19.6. The summed E-state index contributed by atoms with van der Waals surface area (Å²) >= 11 is 0. The zero-order valence-corrected chi connectivity index (χ0v) is 14.7. The molecule has 27 heavy (non-hydrogen) atoms. The fraction of sp³-hybridized carbons (Fsp3) is 0.263. The van der Waals surface area contributed by atoms with Crippen LogP contribution >= 0.6 is 0 Å². The third kappa shape index (κ3) is 3.89. The number of carbonyl (C=O) groups is 1. The lowest BCUT2D eigenvalue weighted by atomic mass is 10.1. The fourth-order valence-corrected chi connectivity index (χ4v) is 2.67. The molecular weight excluding hydrogens is 361 g/mol. The lowest BCUT2D eigenvalue weighted by molar-refractivity contribution is -0.150. The van der Waals surface area contributed by atoms with Crippen LogP contribution in [0.25, 0.3) is 16.7 Å². The third-order valence-corrected chi connectivity index (χ3v) is 3.93. The molecule has 0 aliphatic carbocycles. The molecule has 0 radical (unpaired) electrons. The quantitative estimate of drug-likeness (QED) is 0.619. The van der Waals surface area contributed by atoms with Gasteiger partial charge in [0, 0.05) is 5.69 Å². The molecule has 0 saturated heterocycles. The van der Waals surface area contributed by atoms with Crippen LogP contribution in [-0.2, 0) is 15.7 Å². The molecule has 3 aromatic rings. The molecule has 0 fully saturated rings. The number of alkyl halides is 3. The molecule has 2 aromatic carbocycles. The Kier molecular flexibility index (Phi) is 5.07. The highest BCUT2D eigenvalue weighted by Gasteiger charge is 2.33. The molecule has 0 spiro atoms. The third-order valence-electron chi connectivity index (χ3n) is 3.93. The number of fused-ring (bicyclic) bond motifs is 1. The number of hydrogen-bond donors (Lipinski definition) is 0. The predicted molar refractivity (Wildman–Crippen MR) is 92.8 cm³/mol. The second-order valence-corrected chi connectivity index (χ2v) is 5.79. The van der Waals surface area contributed by atoms with Gasteiger partial charge in [-0.15, -0.1) is 0 Å². The monoisotopic (exact) mass is 378 g/mol. The van der Waals surface area contributed by atoms with E-state index in [-0.39, 0.29) is 12.1 Å². The number of ether oxygens (including phenoxy) is 2. The molecule has 1 unspecified atom stereocenters. The first kappa shape index (κ1) is 18.8. The Morgan fingerprint density at radius 1 is 1.19 bits per heavy atom. The number of rotatable bonds is 5. The Morgan fingerprint density at radius 3 is 2.52 bits per heavy atom. The van der Waals surface area contributed by atoms with E-state index in [2.05, 4.69) is 4.98 Å². The first-order chi connectivity index (χ1) is 12.8. The van der Waals surface area contributed by atoms with E-state index in [0.717, 1.165) is 6.07 Å². The maximum Gasteiger partial charge on any atom is 0.418 e. The number of hydrogen-bond acceptors (Lipinski definition) is 4.